The minimum atomic E-state index is -1.34. The second-order valence-corrected chi connectivity index (χ2v) is 3.21. The Hall–Kier alpha value is -0.860. The molecule has 1 aromatic rings. The van der Waals surface area contributed by atoms with E-state index in [0.717, 1.165) is 31.7 Å². The second kappa shape index (κ2) is 4.40. The summed E-state index contributed by atoms with van der Waals surface area (Å²) in [7, 11) is 0. The number of hydrogen-bond acceptors (Lipinski definition) is 2. The first-order chi connectivity index (χ1) is 7.21. The summed E-state index contributed by atoms with van der Waals surface area (Å²) < 4.78 is 16.3. The van der Waals surface area contributed by atoms with Crippen molar-refractivity contribution >= 4 is 0 Å². The number of piperazine rings is 1. The molecule has 0 bridgehead atoms. The molecule has 2 nitrogen and oxygen atoms in total. The van der Waals surface area contributed by atoms with Gasteiger partial charge in [-0.3, -0.25) is 4.90 Å². The Labute approximate surface area is 82.4 Å². The topological polar surface area (TPSA) is 15.3 Å². The van der Waals surface area contributed by atoms with Crippen LogP contribution in [-0.2, 0) is 6.50 Å². The molecule has 70 valence electrons. The lowest BCUT2D eigenvalue weighted by molar-refractivity contribution is 0.233. The molecule has 1 aromatic carbocycles. The van der Waals surface area contributed by atoms with Crippen LogP contribution in [0.3, 0.4) is 0 Å². The van der Waals surface area contributed by atoms with Crippen LogP contribution in [0.1, 0.15) is 8.30 Å². The van der Waals surface area contributed by atoms with Gasteiger partial charge in [0.2, 0.25) is 0 Å². The van der Waals surface area contributed by atoms with E-state index in [1.165, 1.54) is 0 Å². The molecule has 0 unspecified atom stereocenters. The summed E-state index contributed by atoms with van der Waals surface area (Å²) in [5, 5.41) is 3.23. The van der Waals surface area contributed by atoms with Gasteiger partial charge in [-0.2, -0.15) is 0 Å². The molecule has 0 spiro atoms. The molecule has 0 atom stereocenters. The third-order valence-electron chi connectivity index (χ3n) is 2.18. The van der Waals surface area contributed by atoms with Crippen molar-refractivity contribution in [1.82, 2.24) is 10.2 Å². The van der Waals surface area contributed by atoms with Crippen LogP contribution in [0.4, 0.5) is 0 Å². The molecular formula is C11H16N2. The van der Waals surface area contributed by atoms with Gasteiger partial charge in [0.05, 0.1) is 0 Å². The standard InChI is InChI=1S/C11H16N2/c1-2-4-11(5-3-1)10-13-8-6-12-7-9-13/h1-5,12H,6-10H2/i10D2. The van der Waals surface area contributed by atoms with Crippen molar-refractivity contribution in [2.24, 2.45) is 0 Å². The maximum atomic E-state index is 8.13. The lowest BCUT2D eigenvalue weighted by Gasteiger charge is -2.27. The summed E-state index contributed by atoms with van der Waals surface area (Å²) in [6, 6.07) is 9.38. The number of benzene rings is 1. The maximum absolute atomic E-state index is 8.13. The molecule has 0 amide bonds. The Morgan fingerprint density at radius 3 is 2.62 bits per heavy atom. The van der Waals surface area contributed by atoms with Crippen molar-refractivity contribution < 1.29 is 2.74 Å². The summed E-state index contributed by atoms with van der Waals surface area (Å²) in [4.78, 5) is 1.89. The summed E-state index contributed by atoms with van der Waals surface area (Å²) >= 11 is 0. The van der Waals surface area contributed by atoms with Crippen LogP contribution in [-0.4, -0.2) is 31.1 Å². The normalized spacial score (nSPS) is 22.2. The minimum absolute atomic E-state index is 0.743. The highest BCUT2D eigenvalue weighted by atomic mass is 15.2. The van der Waals surface area contributed by atoms with Gasteiger partial charge >= 0.3 is 0 Å². The van der Waals surface area contributed by atoms with E-state index in [2.05, 4.69) is 5.32 Å². The first-order valence-corrected chi connectivity index (χ1v) is 4.72. The predicted octanol–water partition coefficient (Wildman–Crippen LogP) is 1.09. The molecule has 1 fully saturated rings. The van der Waals surface area contributed by atoms with Gasteiger partial charge < -0.3 is 5.32 Å². The van der Waals surface area contributed by atoms with Gasteiger partial charge in [-0.05, 0) is 5.56 Å². The van der Waals surface area contributed by atoms with E-state index in [1.807, 2.05) is 35.2 Å². The maximum Gasteiger partial charge on any atom is 0.0481 e. The van der Waals surface area contributed by atoms with Crippen LogP contribution in [0.5, 0.6) is 0 Å². The van der Waals surface area contributed by atoms with E-state index in [9.17, 15) is 0 Å². The van der Waals surface area contributed by atoms with Gasteiger partial charge in [-0.1, -0.05) is 30.3 Å². The zero-order valence-corrected chi connectivity index (χ0v) is 7.66. The lowest BCUT2D eigenvalue weighted by Crippen LogP contribution is -2.42. The smallest absolute Gasteiger partial charge is 0.0481 e. The molecule has 1 aliphatic heterocycles. The fourth-order valence-electron chi connectivity index (χ4n) is 1.47. The van der Waals surface area contributed by atoms with Crippen LogP contribution in [0.25, 0.3) is 0 Å². The molecule has 1 heterocycles. The van der Waals surface area contributed by atoms with Crippen molar-refractivity contribution in [3.8, 4) is 0 Å². The Bertz CT molecular complexity index is 308. The zero-order chi connectivity index (χ0) is 10.7. The highest BCUT2D eigenvalue weighted by Gasteiger charge is 2.08. The third-order valence-corrected chi connectivity index (χ3v) is 2.18. The molecular weight excluding hydrogens is 160 g/mol. The molecule has 0 saturated carbocycles. The van der Waals surface area contributed by atoms with Gasteiger partial charge in [-0.15, -0.1) is 0 Å². The van der Waals surface area contributed by atoms with Gasteiger partial charge in [0.25, 0.3) is 0 Å². The van der Waals surface area contributed by atoms with Gasteiger partial charge in [0.15, 0.2) is 0 Å². The Balaban J connectivity index is 2.18. The van der Waals surface area contributed by atoms with Gasteiger partial charge in [0, 0.05) is 35.4 Å². The molecule has 1 aliphatic rings. The van der Waals surface area contributed by atoms with E-state index in [-0.39, 0.29) is 0 Å². The molecule has 0 aromatic heterocycles. The van der Waals surface area contributed by atoms with Crippen molar-refractivity contribution in [1.29, 1.82) is 0 Å². The van der Waals surface area contributed by atoms with E-state index in [1.54, 1.807) is 0 Å². The number of rotatable bonds is 2. The third kappa shape index (κ3) is 2.54. The van der Waals surface area contributed by atoms with Crippen LogP contribution in [0, 0.1) is 0 Å². The minimum Gasteiger partial charge on any atom is -0.314 e. The average molecular weight is 178 g/mol. The molecule has 1 saturated heterocycles. The second-order valence-electron chi connectivity index (χ2n) is 3.21. The zero-order valence-electron chi connectivity index (χ0n) is 9.66. The summed E-state index contributed by atoms with van der Waals surface area (Å²) in [5.41, 5.74) is 0.743. The highest BCUT2D eigenvalue weighted by Crippen LogP contribution is 2.04. The van der Waals surface area contributed by atoms with Crippen LogP contribution < -0.4 is 5.32 Å². The van der Waals surface area contributed by atoms with Crippen LogP contribution in [0.2, 0.25) is 0 Å². The summed E-state index contributed by atoms with van der Waals surface area (Å²) in [6.07, 6.45) is 0. The van der Waals surface area contributed by atoms with E-state index >= 15 is 0 Å². The van der Waals surface area contributed by atoms with Crippen molar-refractivity contribution in [2.45, 2.75) is 6.50 Å². The summed E-state index contributed by atoms with van der Waals surface area (Å²) in [6.45, 7) is 1.92. The SMILES string of the molecule is [2H]C([2H])(c1ccccc1)N1CCNCC1. The van der Waals surface area contributed by atoms with Gasteiger partial charge in [0.1, 0.15) is 0 Å². The Morgan fingerprint density at radius 2 is 1.92 bits per heavy atom. The van der Waals surface area contributed by atoms with E-state index in [0.29, 0.717) is 0 Å². The molecule has 2 rings (SSSR count). The van der Waals surface area contributed by atoms with Crippen molar-refractivity contribution in [2.75, 3.05) is 26.2 Å². The van der Waals surface area contributed by atoms with Crippen LogP contribution >= 0.6 is 0 Å². The number of hydrogen-bond donors (Lipinski definition) is 1. The van der Waals surface area contributed by atoms with Crippen molar-refractivity contribution in [3.63, 3.8) is 0 Å². The average Bonchev–Trinajstić information content (AvgIpc) is 2.31. The largest absolute Gasteiger partial charge is 0.314 e. The number of nitrogens with one attached hydrogen (secondary N) is 1. The fourth-order valence-corrected chi connectivity index (χ4v) is 1.47. The Morgan fingerprint density at radius 1 is 1.23 bits per heavy atom. The summed E-state index contributed by atoms with van der Waals surface area (Å²) in [5.74, 6) is 0. The molecule has 2 heteroatoms. The molecule has 0 radical (unpaired) electrons. The first kappa shape index (κ1) is 6.57. The molecule has 1 N–H and O–H groups in total. The van der Waals surface area contributed by atoms with Crippen LogP contribution in [0.15, 0.2) is 30.3 Å². The highest BCUT2D eigenvalue weighted by molar-refractivity contribution is 5.14. The van der Waals surface area contributed by atoms with E-state index in [4.69, 9.17) is 2.74 Å². The first-order valence-electron chi connectivity index (χ1n) is 5.72. The van der Waals surface area contributed by atoms with Gasteiger partial charge in [-0.25, -0.2) is 0 Å². The number of nitrogens with zero attached hydrogens (tertiary/aromatic N) is 1. The Kier molecular flexibility index (Phi) is 2.22. The lowest BCUT2D eigenvalue weighted by atomic mass is 10.2. The van der Waals surface area contributed by atoms with E-state index < -0.39 is 6.50 Å². The monoisotopic (exact) mass is 178 g/mol. The van der Waals surface area contributed by atoms with Crippen molar-refractivity contribution in [3.05, 3.63) is 35.9 Å². The molecule has 13 heavy (non-hydrogen) atoms. The quantitative estimate of drug-likeness (QED) is 0.729. The molecule has 0 aliphatic carbocycles. The predicted molar refractivity (Wildman–Crippen MR) is 54.6 cm³/mol. The fraction of sp³-hybridized carbons (Fsp3) is 0.455.